The summed E-state index contributed by atoms with van der Waals surface area (Å²) in [5.74, 6) is 0.612. The summed E-state index contributed by atoms with van der Waals surface area (Å²) < 4.78 is 13.4. The Hall–Kier alpha value is -0.890. The van der Waals surface area contributed by atoms with Gasteiger partial charge in [0.15, 0.2) is 5.96 Å². The Kier molecular flexibility index (Phi) is 12.0. The molecular formula is C17H30FIN4. The number of rotatable bonds is 8. The third kappa shape index (κ3) is 8.50. The average Bonchev–Trinajstić information content (AvgIpc) is 2.47. The van der Waals surface area contributed by atoms with Crippen molar-refractivity contribution >= 4 is 29.9 Å². The standard InChI is InChI=1S/C17H29FN4.HI/c1-5-7-11-20-17(19-6-2)21-13-16(22(3)4)14-9-8-10-15(18)12-14;/h8-10,12,16H,5-7,11,13H2,1-4H3,(H2,19,20,21);1H. The van der Waals surface area contributed by atoms with Crippen molar-refractivity contribution < 1.29 is 4.39 Å². The van der Waals surface area contributed by atoms with Gasteiger partial charge < -0.3 is 15.5 Å². The second-order valence-corrected chi connectivity index (χ2v) is 5.53. The van der Waals surface area contributed by atoms with E-state index < -0.39 is 0 Å². The molecule has 0 saturated heterocycles. The Balaban J connectivity index is 0.00000484. The second-order valence-electron chi connectivity index (χ2n) is 5.53. The lowest BCUT2D eigenvalue weighted by Gasteiger charge is -2.23. The van der Waals surface area contributed by atoms with Gasteiger partial charge in [-0.25, -0.2) is 4.39 Å². The van der Waals surface area contributed by atoms with Gasteiger partial charge in [-0.3, -0.25) is 4.99 Å². The molecule has 2 N–H and O–H groups in total. The van der Waals surface area contributed by atoms with E-state index >= 15 is 0 Å². The molecule has 1 unspecified atom stereocenters. The summed E-state index contributed by atoms with van der Waals surface area (Å²) in [6, 6.07) is 6.79. The second kappa shape index (κ2) is 12.5. The number of nitrogens with zero attached hydrogens (tertiary/aromatic N) is 2. The molecule has 0 heterocycles. The van der Waals surface area contributed by atoms with E-state index in [1.165, 1.54) is 6.07 Å². The lowest BCUT2D eigenvalue weighted by molar-refractivity contribution is 0.305. The normalized spacial score (nSPS) is 12.7. The van der Waals surface area contributed by atoms with Gasteiger partial charge in [0, 0.05) is 13.1 Å². The molecule has 1 aromatic carbocycles. The first-order valence-corrected chi connectivity index (χ1v) is 8.02. The van der Waals surface area contributed by atoms with Crippen LogP contribution in [0.15, 0.2) is 29.3 Å². The topological polar surface area (TPSA) is 39.7 Å². The predicted octanol–water partition coefficient (Wildman–Crippen LogP) is 3.40. The van der Waals surface area contributed by atoms with Crippen molar-refractivity contribution in [2.24, 2.45) is 4.99 Å². The molecule has 0 aliphatic carbocycles. The van der Waals surface area contributed by atoms with Crippen molar-refractivity contribution in [2.75, 3.05) is 33.7 Å². The Morgan fingerprint density at radius 3 is 2.57 bits per heavy atom. The lowest BCUT2D eigenvalue weighted by Crippen LogP contribution is -2.38. The largest absolute Gasteiger partial charge is 0.357 e. The summed E-state index contributed by atoms with van der Waals surface area (Å²) in [4.78, 5) is 6.71. The fourth-order valence-corrected chi connectivity index (χ4v) is 2.18. The van der Waals surface area contributed by atoms with Gasteiger partial charge in [-0.05, 0) is 45.1 Å². The zero-order chi connectivity index (χ0) is 16.4. The van der Waals surface area contributed by atoms with Gasteiger partial charge in [0.05, 0.1) is 12.6 Å². The molecular weight excluding hydrogens is 406 g/mol. The van der Waals surface area contributed by atoms with Gasteiger partial charge in [0.2, 0.25) is 0 Å². The molecule has 0 aliphatic heterocycles. The van der Waals surface area contributed by atoms with Gasteiger partial charge in [-0.1, -0.05) is 25.5 Å². The number of aliphatic imine (C=N–C) groups is 1. The summed E-state index contributed by atoms with van der Waals surface area (Å²) in [6.45, 7) is 6.53. The van der Waals surface area contributed by atoms with E-state index in [1.807, 2.05) is 27.1 Å². The van der Waals surface area contributed by atoms with Crippen LogP contribution in [0.2, 0.25) is 0 Å². The van der Waals surface area contributed by atoms with Crippen LogP contribution in [0.3, 0.4) is 0 Å². The van der Waals surface area contributed by atoms with Crippen LogP contribution >= 0.6 is 24.0 Å². The summed E-state index contributed by atoms with van der Waals surface area (Å²) in [5.41, 5.74) is 0.943. The first kappa shape index (κ1) is 22.1. The Labute approximate surface area is 157 Å². The number of halogens is 2. The molecule has 132 valence electrons. The summed E-state index contributed by atoms with van der Waals surface area (Å²) in [6.07, 6.45) is 2.27. The molecule has 0 fully saturated rings. The number of nitrogens with one attached hydrogen (secondary N) is 2. The predicted molar refractivity (Wildman–Crippen MR) is 107 cm³/mol. The number of hydrogen-bond donors (Lipinski definition) is 2. The summed E-state index contributed by atoms with van der Waals surface area (Å²) >= 11 is 0. The molecule has 0 radical (unpaired) electrons. The van der Waals surface area contributed by atoms with Crippen molar-refractivity contribution in [2.45, 2.75) is 32.7 Å². The Morgan fingerprint density at radius 1 is 1.26 bits per heavy atom. The first-order valence-electron chi connectivity index (χ1n) is 8.02. The van der Waals surface area contributed by atoms with Crippen LogP contribution in [0.4, 0.5) is 4.39 Å². The molecule has 0 spiro atoms. The van der Waals surface area contributed by atoms with Crippen molar-refractivity contribution in [3.8, 4) is 0 Å². The number of likely N-dealkylation sites (N-methyl/N-ethyl adjacent to an activating group) is 1. The number of guanidine groups is 1. The van der Waals surface area contributed by atoms with E-state index in [-0.39, 0.29) is 35.8 Å². The molecule has 0 amide bonds. The van der Waals surface area contributed by atoms with Crippen molar-refractivity contribution in [3.05, 3.63) is 35.6 Å². The van der Waals surface area contributed by atoms with Gasteiger partial charge in [-0.2, -0.15) is 0 Å². The molecule has 1 rings (SSSR count). The fraction of sp³-hybridized carbons (Fsp3) is 0.588. The van der Waals surface area contributed by atoms with Gasteiger partial charge in [0.1, 0.15) is 5.82 Å². The number of hydrogen-bond acceptors (Lipinski definition) is 2. The number of unbranched alkanes of at least 4 members (excludes halogenated alkanes) is 1. The lowest BCUT2D eigenvalue weighted by atomic mass is 10.1. The molecule has 0 bridgehead atoms. The van der Waals surface area contributed by atoms with E-state index in [4.69, 9.17) is 0 Å². The Bertz CT molecular complexity index is 466. The highest BCUT2D eigenvalue weighted by Crippen LogP contribution is 2.19. The summed E-state index contributed by atoms with van der Waals surface area (Å²) in [5, 5.41) is 6.57. The van der Waals surface area contributed by atoms with E-state index in [9.17, 15) is 4.39 Å². The molecule has 0 aromatic heterocycles. The zero-order valence-electron chi connectivity index (χ0n) is 14.6. The first-order chi connectivity index (χ1) is 10.6. The van der Waals surface area contributed by atoms with E-state index in [0.29, 0.717) is 6.54 Å². The average molecular weight is 436 g/mol. The van der Waals surface area contributed by atoms with Gasteiger partial charge >= 0.3 is 0 Å². The SMILES string of the molecule is CCCCNC(=NCC(c1cccc(F)c1)N(C)C)NCC.I. The molecule has 1 atom stereocenters. The van der Waals surface area contributed by atoms with Crippen molar-refractivity contribution in [1.29, 1.82) is 0 Å². The molecule has 1 aromatic rings. The van der Waals surface area contributed by atoms with Crippen LogP contribution < -0.4 is 10.6 Å². The molecule has 6 heteroatoms. The minimum absolute atomic E-state index is 0. The minimum Gasteiger partial charge on any atom is -0.357 e. The molecule has 0 aliphatic rings. The maximum Gasteiger partial charge on any atom is 0.191 e. The highest BCUT2D eigenvalue weighted by atomic mass is 127. The van der Waals surface area contributed by atoms with Crippen LogP contribution in [-0.4, -0.2) is 44.6 Å². The quantitative estimate of drug-likeness (QED) is 0.284. The van der Waals surface area contributed by atoms with Crippen molar-refractivity contribution in [3.63, 3.8) is 0 Å². The maximum absolute atomic E-state index is 13.4. The van der Waals surface area contributed by atoms with Crippen LogP contribution in [0, 0.1) is 5.82 Å². The van der Waals surface area contributed by atoms with E-state index in [0.717, 1.165) is 37.5 Å². The monoisotopic (exact) mass is 436 g/mol. The maximum atomic E-state index is 13.4. The fourth-order valence-electron chi connectivity index (χ4n) is 2.18. The number of benzene rings is 1. The smallest absolute Gasteiger partial charge is 0.191 e. The Morgan fingerprint density at radius 2 is 2.00 bits per heavy atom. The van der Waals surface area contributed by atoms with E-state index in [1.54, 1.807) is 12.1 Å². The summed E-state index contributed by atoms with van der Waals surface area (Å²) in [7, 11) is 3.98. The highest BCUT2D eigenvalue weighted by molar-refractivity contribution is 14.0. The van der Waals surface area contributed by atoms with E-state index in [2.05, 4.69) is 27.4 Å². The molecule has 23 heavy (non-hydrogen) atoms. The highest BCUT2D eigenvalue weighted by Gasteiger charge is 2.14. The zero-order valence-corrected chi connectivity index (χ0v) is 16.9. The van der Waals surface area contributed by atoms with Crippen LogP contribution in [0.1, 0.15) is 38.3 Å². The van der Waals surface area contributed by atoms with Crippen LogP contribution in [0.25, 0.3) is 0 Å². The molecule has 4 nitrogen and oxygen atoms in total. The third-order valence-electron chi connectivity index (χ3n) is 3.45. The van der Waals surface area contributed by atoms with Gasteiger partial charge in [0.25, 0.3) is 0 Å². The van der Waals surface area contributed by atoms with Gasteiger partial charge in [-0.15, -0.1) is 24.0 Å². The minimum atomic E-state index is -0.207. The van der Waals surface area contributed by atoms with Crippen molar-refractivity contribution in [1.82, 2.24) is 15.5 Å². The van der Waals surface area contributed by atoms with Crippen LogP contribution in [0.5, 0.6) is 0 Å². The van der Waals surface area contributed by atoms with Crippen LogP contribution in [-0.2, 0) is 0 Å². The third-order valence-corrected chi connectivity index (χ3v) is 3.45. The molecule has 0 saturated carbocycles.